The Balaban J connectivity index is 2.02. The Hall–Kier alpha value is -1.20. The molecule has 2 N–H and O–H groups in total. The van der Waals surface area contributed by atoms with Gasteiger partial charge in [0.15, 0.2) is 5.82 Å². The lowest BCUT2D eigenvalue weighted by molar-refractivity contribution is -0.1000. The molecule has 1 saturated heterocycles. The molecule has 0 unspecified atom stereocenters. The van der Waals surface area contributed by atoms with Crippen LogP contribution in [0.15, 0.2) is 0 Å². The number of fused-ring (bicyclic) bond motifs is 1. The summed E-state index contributed by atoms with van der Waals surface area (Å²) >= 11 is 0. The highest BCUT2D eigenvalue weighted by Crippen LogP contribution is 2.35. The van der Waals surface area contributed by atoms with Gasteiger partial charge in [-0.2, -0.15) is 0 Å². The summed E-state index contributed by atoms with van der Waals surface area (Å²) in [6, 6.07) is 0. The summed E-state index contributed by atoms with van der Waals surface area (Å²) < 4.78 is 11.1. The third-order valence-corrected chi connectivity index (χ3v) is 4.06. The zero-order valence-electron chi connectivity index (χ0n) is 10.7. The van der Waals surface area contributed by atoms with Gasteiger partial charge in [-0.3, -0.25) is 0 Å². The van der Waals surface area contributed by atoms with Crippen LogP contribution in [0.4, 0.5) is 5.82 Å². The molecule has 0 spiro atoms. The van der Waals surface area contributed by atoms with Gasteiger partial charge in [-0.25, -0.2) is 9.97 Å². The van der Waals surface area contributed by atoms with Crippen LogP contribution in [0, 0.1) is 0 Å². The fraction of sp³-hybridized carbons (Fsp3) is 0.692. The van der Waals surface area contributed by atoms with Crippen molar-refractivity contribution in [2.75, 3.05) is 26.1 Å². The predicted octanol–water partition coefficient (Wildman–Crippen LogP) is 1.20. The third-order valence-electron chi connectivity index (χ3n) is 4.06. The Morgan fingerprint density at radius 3 is 2.72 bits per heavy atom. The molecule has 1 fully saturated rings. The first-order chi connectivity index (χ1) is 8.75. The molecule has 5 heteroatoms. The lowest BCUT2D eigenvalue weighted by Crippen LogP contribution is -2.37. The molecule has 1 aliphatic heterocycles. The van der Waals surface area contributed by atoms with Gasteiger partial charge in [0.1, 0.15) is 11.4 Å². The van der Waals surface area contributed by atoms with Crippen LogP contribution in [0.3, 0.4) is 0 Å². The van der Waals surface area contributed by atoms with Gasteiger partial charge in [0.05, 0.1) is 0 Å². The smallest absolute Gasteiger partial charge is 0.163 e. The summed E-state index contributed by atoms with van der Waals surface area (Å²) in [5, 5.41) is 0. The third kappa shape index (κ3) is 1.78. The first-order valence-electron chi connectivity index (χ1n) is 6.54. The topological polar surface area (TPSA) is 70.3 Å². The quantitative estimate of drug-likeness (QED) is 0.852. The summed E-state index contributed by atoms with van der Waals surface area (Å²) in [5.74, 6) is 1.38. The molecule has 5 nitrogen and oxygen atoms in total. The number of anilines is 1. The van der Waals surface area contributed by atoms with Gasteiger partial charge in [0.25, 0.3) is 0 Å². The minimum absolute atomic E-state index is 0.413. The summed E-state index contributed by atoms with van der Waals surface area (Å²) in [6.45, 7) is 1.38. The molecule has 2 heterocycles. The average Bonchev–Trinajstić information content (AvgIpc) is 2.88. The lowest BCUT2D eigenvalue weighted by Gasteiger charge is -2.34. The molecular formula is C13H19N3O2. The second kappa shape index (κ2) is 4.48. The van der Waals surface area contributed by atoms with Crippen LogP contribution in [0.5, 0.6) is 0 Å². The van der Waals surface area contributed by atoms with Crippen LogP contribution < -0.4 is 5.73 Å². The Morgan fingerprint density at radius 1 is 1.22 bits per heavy atom. The van der Waals surface area contributed by atoms with E-state index in [0.717, 1.165) is 49.2 Å². The molecule has 1 aromatic heterocycles. The van der Waals surface area contributed by atoms with Crippen LogP contribution >= 0.6 is 0 Å². The van der Waals surface area contributed by atoms with Crippen molar-refractivity contribution in [3.63, 3.8) is 0 Å². The molecule has 0 radical (unpaired) electrons. The fourth-order valence-electron chi connectivity index (χ4n) is 2.89. The predicted molar refractivity (Wildman–Crippen MR) is 67.2 cm³/mol. The Kier molecular flexibility index (Phi) is 2.95. The molecule has 2 aliphatic rings. The highest BCUT2D eigenvalue weighted by atomic mass is 16.5. The van der Waals surface area contributed by atoms with E-state index in [0.29, 0.717) is 19.0 Å². The molecule has 0 atom stereocenters. The van der Waals surface area contributed by atoms with E-state index in [1.807, 2.05) is 0 Å². The van der Waals surface area contributed by atoms with Gasteiger partial charge in [0.2, 0.25) is 0 Å². The van der Waals surface area contributed by atoms with Crippen LogP contribution in [0.25, 0.3) is 0 Å². The van der Waals surface area contributed by atoms with Crippen molar-refractivity contribution in [2.24, 2.45) is 0 Å². The second-order valence-corrected chi connectivity index (χ2v) is 5.02. The van der Waals surface area contributed by atoms with Crippen molar-refractivity contribution < 1.29 is 9.47 Å². The Bertz CT molecular complexity index is 456. The minimum Gasteiger partial charge on any atom is -0.383 e. The summed E-state index contributed by atoms with van der Waals surface area (Å²) in [5.41, 5.74) is 7.89. The number of aryl methyl sites for hydroxylation is 1. The van der Waals surface area contributed by atoms with Gasteiger partial charge in [-0.15, -0.1) is 0 Å². The standard InChI is InChI=1S/C13H19N3O2/c1-17-13(5-7-18-8-6-13)12-15-10-4-2-3-9(10)11(14)16-12/h2-8H2,1H3,(H2,14,15,16). The van der Waals surface area contributed by atoms with Crippen LogP contribution in [0.1, 0.15) is 36.3 Å². The number of hydrogen-bond acceptors (Lipinski definition) is 5. The number of ether oxygens (including phenoxy) is 2. The van der Waals surface area contributed by atoms with Crippen LogP contribution in [0.2, 0.25) is 0 Å². The van der Waals surface area contributed by atoms with Gasteiger partial charge < -0.3 is 15.2 Å². The molecule has 0 aromatic carbocycles. The van der Waals surface area contributed by atoms with E-state index in [1.54, 1.807) is 7.11 Å². The molecule has 0 bridgehead atoms. The van der Waals surface area contributed by atoms with Gasteiger partial charge >= 0.3 is 0 Å². The summed E-state index contributed by atoms with van der Waals surface area (Å²) in [7, 11) is 1.72. The van der Waals surface area contributed by atoms with Crippen molar-refractivity contribution in [3.8, 4) is 0 Å². The Labute approximate surface area is 107 Å². The van der Waals surface area contributed by atoms with Crippen molar-refractivity contribution in [2.45, 2.75) is 37.7 Å². The molecule has 18 heavy (non-hydrogen) atoms. The van der Waals surface area contributed by atoms with Crippen LogP contribution in [-0.4, -0.2) is 30.3 Å². The highest BCUT2D eigenvalue weighted by molar-refractivity contribution is 5.45. The highest BCUT2D eigenvalue weighted by Gasteiger charge is 2.38. The summed E-state index contributed by atoms with van der Waals surface area (Å²) in [4.78, 5) is 9.21. The number of nitrogens with zero attached hydrogens (tertiary/aromatic N) is 2. The molecule has 0 saturated carbocycles. The minimum atomic E-state index is -0.413. The second-order valence-electron chi connectivity index (χ2n) is 5.02. The van der Waals surface area contributed by atoms with Crippen LogP contribution in [-0.2, 0) is 27.9 Å². The number of methoxy groups -OCH3 is 1. The van der Waals surface area contributed by atoms with Crippen molar-refractivity contribution in [3.05, 3.63) is 17.1 Å². The van der Waals surface area contributed by atoms with Gasteiger partial charge in [0, 0.05) is 44.4 Å². The van der Waals surface area contributed by atoms with E-state index in [2.05, 4.69) is 4.98 Å². The number of aromatic nitrogens is 2. The largest absolute Gasteiger partial charge is 0.383 e. The maximum Gasteiger partial charge on any atom is 0.163 e. The first kappa shape index (κ1) is 11.9. The van der Waals surface area contributed by atoms with Gasteiger partial charge in [-0.1, -0.05) is 0 Å². The lowest BCUT2D eigenvalue weighted by atomic mass is 9.92. The first-order valence-corrected chi connectivity index (χ1v) is 6.54. The Morgan fingerprint density at radius 2 is 2.00 bits per heavy atom. The molecule has 98 valence electrons. The monoisotopic (exact) mass is 249 g/mol. The number of nitrogens with two attached hydrogens (primary N) is 1. The SMILES string of the molecule is COC1(c2nc(N)c3c(n2)CCC3)CCOCC1. The molecule has 1 aliphatic carbocycles. The van der Waals surface area contributed by atoms with Crippen molar-refractivity contribution >= 4 is 5.82 Å². The maximum atomic E-state index is 6.06. The summed E-state index contributed by atoms with van der Waals surface area (Å²) in [6.07, 6.45) is 4.72. The van der Waals surface area contributed by atoms with Crippen molar-refractivity contribution in [1.29, 1.82) is 0 Å². The van der Waals surface area contributed by atoms with E-state index >= 15 is 0 Å². The number of hydrogen-bond donors (Lipinski definition) is 1. The molecule has 0 amide bonds. The average molecular weight is 249 g/mol. The zero-order chi connectivity index (χ0) is 12.6. The van der Waals surface area contributed by atoms with E-state index in [4.69, 9.17) is 20.2 Å². The van der Waals surface area contributed by atoms with Gasteiger partial charge in [-0.05, 0) is 19.3 Å². The molecular weight excluding hydrogens is 230 g/mol. The fourth-order valence-corrected chi connectivity index (χ4v) is 2.89. The zero-order valence-corrected chi connectivity index (χ0v) is 10.7. The maximum absolute atomic E-state index is 6.06. The number of rotatable bonds is 2. The number of nitrogen functional groups attached to an aromatic ring is 1. The van der Waals surface area contributed by atoms with E-state index in [-0.39, 0.29) is 0 Å². The van der Waals surface area contributed by atoms with E-state index < -0.39 is 5.60 Å². The molecule has 1 aromatic rings. The normalized spacial score (nSPS) is 21.8. The van der Waals surface area contributed by atoms with E-state index in [9.17, 15) is 0 Å². The molecule has 3 rings (SSSR count). The van der Waals surface area contributed by atoms with E-state index in [1.165, 1.54) is 0 Å². The van der Waals surface area contributed by atoms with Crippen molar-refractivity contribution in [1.82, 2.24) is 9.97 Å².